The summed E-state index contributed by atoms with van der Waals surface area (Å²) in [4.78, 5) is 0. The Kier molecular flexibility index (Phi) is 0.884. The zero-order chi connectivity index (χ0) is 5.56. The Labute approximate surface area is 49.7 Å². The molecule has 1 heteroatoms. The highest BCUT2D eigenvalue weighted by Gasteiger charge is 2.42. The molecule has 0 unspecified atom stereocenters. The van der Waals surface area contributed by atoms with Crippen molar-refractivity contribution in [1.29, 1.82) is 0 Å². The quantitative estimate of drug-likeness (QED) is 0.498. The fourth-order valence-corrected chi connectivity index (χ4v) is 2.15. The van der Waals surface area contributed by atoms with Gasteiger partial charge in [-0.15, -0.1) is 0 Å². The first kappa shape index (κ1) is 4.80. The van der Waals surface area contributed by atoms with Crippen molar-refractivity contribution in [2.45, 2.75) is 31.8 Å². The first-order valence-corrected chi connectivity index (χ1v) is 3.56. The van der Waals surface area contributed by atoms with Gasteiger partial charge in [0.05, 0.1) is 6.10 Å². The molecule has 0 heterocycles. The molecule has 0 bridgehead atoms. The third kappa shape index (κ3) is 0.455. The van der Waals surface area contributed by atoms with Crippen molar-refractivity contribution in [3.8, 4) is 0 Å². The van der Waals surface area contributed by atoms with Crippen LogP contribution >= 0.6 is 0 Å². The van der Waals surface area contributed by atoms with Crippen molar-refractivity contribution in [2.75, 3.05) is 0 Å². The van der Waals surface area contributed by atoms with Crippen LogP contribution in [0.25, 0.3) is 0 Å². The fourth-order valence-electron chi connectivity index (χ4n) is 2.15. The predicted molar refractivity (Wildman–Crippen MR) is 31.5 cm³/mol. The number of rotatable bonds is 0. The molecule has 3 atom stereocenters. The molecule has 0 aromatic rings. The number of hydrogen-bond acceptors (Lipinski definition) is 1. The second-order valence-electron chi connectivity index (χ2n) is 3.16. The van der Waals surface area contributed by atoms with E-state index in [1.807, 2.05) is 0 Å². The van der Waals surface area contributed by atoms with E-state index in [0.717, 1.165) is 18.3 Å². The molecular formula is C7H12O. The normalized spacial score (nSPS) is 52.9. The third-order valence-electron chi connectivity index (χ3n) is 2.76. The van der Waals surface area contributed by atoms with Crippen LogP contribution in [0.4, 0.5) is 0 Å². The van der Waals surface area contributed by atoms with Crippen LogP contribution in [-0.4, -0.2) is 11.2 Å². The number of aliphatic hydroxyl groups is 1. The topological polar surface area (TPSA) is 20.2 Å². The van der Waals surface area contributed by atoms with Gasteiger partial charge in [-0.05, 0) is 31.1 Å². The zero-order valence-electron chi connectivity index (χ0n) is 5.01. The van der Waals surface area contributed by atoms with Gasteiger partial charge < -0.3 is 5.11 Å². The van der Waals surface area contributed by atoms with Crippen LogP contribution in [0, 0.1) is 11.8 Å². The highest BCUT2D eigenvalue weighted by atomic mass is 16.3. The van der Waals surface area contributed by atoms with Crippen molar-refractivity contribution >= 4 is 0 Å². The van der Waals surface area contributed by atoms with Gasteiger partial charge in [0.15, 0.2) is 0 Å². The molecule has 46 valence electrons. The van der Waals surface area contributed by atoms with E-state index in [-0.39, 0.29) is 6.10 Å². The largest absolute Gasteiger partial charge is 0.393 e. The average molecular weight is 112 g/mol. The predicted octanol–water partition coefficient (Wildman–Crippen LogP) is 1.17. The molecule has 2 saturated carbocycles. The standard InChI is InChI=1S/C7H12O/c8-7-4-5-2-1-3-6(5)7/h5-8H,1-4H2/t5-,6-,7+/m0/s1. The van der Waals surface area contributed by atoms with E-state index in [1.165, 1.54) is 19.3 Å². The van der Waals surface area contributed by atoms with Crippen molar-refractivity contribution in [3.05, 3.63) is 0 Å². The van der Waals surface area contributed by atoms with E-state index in [1.54, 1.807) is 0 Å². The Morgan fingerprint density at radius 3 is 2.62 bits per heavy atom. The summed E-state index contributed by atoms with van der Waals surface area (Å²) in [7, 11) is 0. The van der Waals surface area contributed by atoms with Crippen LogP contribution in [0.15, 0.2) is 0 Å². The summed E-state index contributed by atoms with van der Waals surface area (Å²) in [5.74, 6) is 1.64. The van der Waals surface area contributed by atoms with Crippen LogP contribution in [0.5, 0.6) is 0 Å². The van der Waals surface area contributed by atoms with Gasteiger partial charge in [0.2, 0.25) is 0 Å². The molecule has 0 amide bonds. The lowest BCUT2D eigenvalue weighted by Crippen LogP contribution is -2.37. The van der Waals surface area contributed by atoms with Crippen LogP contribution in [0.3, 0.4) is 0 Å². The third-order valence-corrected chi connectivity index (χ3v) is 2.76. The van der Waals surface area contributed by atoms with Crippen LogP contribution < -0.4 is 0 Å². The second-order valence-corrected chi connectivity index (χ2v) is 3.16. The summed E-state index contributed by atoms with van der Waals surface area (Å²) in [5.41, 5.74) is 0. The summed E-state index contributed by atoms with van der Waals surface area (Å²) in [6.07, 6.45) is 5.24. The molecule has 8 heavy (non-hydrogen) atoms. The SMILES string of the molecule is O[C@@H]1C[C@@H]2CCC[C@@H]21. The Bertz CT molecular complexity index is 101. The van der Waals surface area contributed by atoms with Gasteiger partial charge >= 0.3 is 0 Å². The molecule has 0 radical (unpaired) electrons. The smallest absolute Gasteiger partial charge is 0.0573 e. The molecule has 0 aromatic heterocycles. The minimum Gasteiger partial charge on any atom is -0.393 e. The fraction of sp³-hybridized carbons (Fsp3) is 1.00. The molecule has 1 N–H and O–H groups in total. The van der Waals surface area contributed by atoms with Gasteiger partial charge in [-0.1, -0.05) is 6.42 Å². The van der Waals surface area contributed by atoms with E-state index >= 15 is 0 Å². The van der Waals surface area contributed by atoms with Crippen molar-refractivity contribution in [2.24, 2.45) is 11.8 Å². The van der Waals surface area contributed by atoms with E-state index in [0.29, 0.717) is 0 Å². The molecule has 2 fully saturated rings. The molecule has 2 rings (SSSR count). The molecule has 2 aliphatic rings. The lowest BCUT2D eigenvalue weighted by Gasteiger charge is -2.36. The number of aliphatic hydroxyl groups excluding tert-OH is 1. The van der Waals surface area contributed by atoms with Crippen molar-refractivity contribution < 1.29 is 5.11 Å². The van der Waals surface area contributed by atoms with Gasteiger partial charge in [-0.2, -0.15) is 0 Å². The molecule has 1 nitrogen and oxygen atoms in total. The Morgan fingerprint density at radius 2 is 2.12 bits per heavy atom. The van der Waals surface area contributed by atoms with Gasteiger partial charge in [-0.3, -0.25) is 0 Å². The first-order valence-electron chi connectivity index (χ1n) is 3.56. The Morgan fingerprint density at radius 1 is 1.25 bits per heavy atom. The highest BCUT2D eigenvalue weighted by molar-refractivity contribution is 4.93. The highest BCUT2D eigenvalue weighted by Crippen LogP contribution is 2.46. The molecule has 0 aliphatic heterocycles. The molecule has 0 spiro atoms. The number of fused-ring (bicyclic) bond motifs is 1. The average Bonchev–Trinajstić information content (AvgIpc) is 2.09. The van der Waals surface area contributed by atoms with Gasteiger partial charge in [0.1, 0.15) is 0 Å². The number of hydrogen-bond donors (Lipinski definition) is 1. The summed E-state index contributed by atoms with van der Waals surface area (Å²) < 4.78 is 0. The van der Waals surface area contributed by atoms with E-state index in [9.17, 15) is 0 Å². The summed E-state index contributed by atoms with van der Waals surface area (Å²) >= 11 is 0. The zero-order valence-corrected chi connectivity index (χ0v) is 5.01. The van der Waals surface area contributed by atoms with E-state index in [4.69, 9.17) is 5.11 Å². The maximum Gasteiger partial charge on any atom is 0.0573 e. The Balaban J connectivity index is 2.02. The van der Waals surface area contributed by atoms with Crippen LogP contribution in [-0.2, 0) is 0 Å². The molecule has 0 saturated heterocycles. The molecule has 2 aliphatic carbocycles. The summed E-state index contributed by atoms with van der Waals surface area (Å²) in [5, 5.41) is 9.12. The van der Waals surface area contributed by atoms with Crippen LogP contribution in [0.2, 0.25) is 0 Å². The summed E-state index contributed by atoms with van der Waals surface area (Å²) in [6.45, 7) is 0. The van der Waals surface area contributed by atoms with E-state index < -0.39 is 0 Å². The van der Waals surface area contributed by atoms with Gasteiger partial charge in [0.25, 0.3) is 0 Å². The minimum absolute atomic E-state index is 0.0856. The minimum atomic E-state index is 0.0856. The van der Waals surface area contributed by atoms with Crippen molar-refractivity contribution in [1.82, 2.24) is 0 Å². The van der Waals surface area contributed by atoms with Gasteiger partial charge in [0, 0.05) is 0 Å². The Hall–Kier alpha value is -0.0400. The maximum atomic E-state index is 9.12. The van der Waals surface area contributed by atoms with Gasteiger partial charge in [-0.25, -0.2) is 0 Å². The second kappa shape index (κ2) is 1.47. The molecular weight excluding hydrogens is 100 g/mol. The first-order chi connectivity index (χ1) is 3.88. The maximum absolute atomic E-state index is 9.12. The monoisotopic (exact) mass is 112 g/mol. The van der Waals surface area contributed by atoms with Crippen LogP contribution in [0.1, 0.15) is 25.7 Å². The van der Waals surface area contributed by atoms with E-state index in [2.05, 4.69) is 0 Å². The molecule has 0 aromatic carbocycles. The summed E-state index contributed by atoms with van der Waals surface area (Å²) in [6, 6.07) is 0. The van der Waals surface area contributed by atoms with Crippen molar-refractivity contribution in [3.63, 3.8) is 0 Å². The lowest BCUT2D eigenvalue weighted by molar-refractivity contribution is -0.0145. The lowest BCUT2D eigenvalue weighted by atomic mass is 9.74.